The van der Waals surface area contributed by atoms with Crippen LogP contribution in [0.1, 0.15) is 25.8 Å². The fourth-order valence-electron chi connectivity index (χ4n) is 1.05. The summed E-state index contributed by atoms with van der Waals surface area (Å²) >= 11 is 0. The molecule has 1 rings (SSSR count). The summed E-state index contributed by atoms with van der Waals surface area (Å²) in [7, 11) is 0. The summed E-state index contributed by atoms with van der Waals surface area (Å²) < 4.78 is 0. The largest absolute Gasteiger partial charge is 0.396 e. The number of nitrogens with one attached hydrogen (secondary N) is 1. The van der Waals surface area contributed by atoms with Crippen LogP contribution in [-0.2, 0) is 0 Å². The molecular weight excluding hydrogens is 162 g/mol. The first-order valence-corrected chi connectivity index (χ1v) is 4.62. The SMILES string of the molecule is CC[C@H](C)Nc1ncc(C)cc1N. The Kier molecular flexibility index (Phi) is 3.12. The summed E-state index contributed by atoms with van der Waals surface area (Å²) in [6, 6.07) is 2.34. The van der Waals surface area contributed by atoms with Crippen molar-refractivity contribution in [2.24, 2.45) is 0 Å². The molecule has 72 valence electrons. The molecule has 3 N–H and O–H groups in total. The van der Waals surface area contributed by atoms with Gasteiger partial charge in [-0.25, -0.2) is 4.98 Å². The van der Waals surface area contributed by atoms with E-state index in [1.807, 2.05) is 19.2 Å². The Bertz CT molecular complexity index is 283. The second-order valence-electron chi connectivity index (χ2n) is 3.40. The first-order chi connectivity index (χ1) is 6.13. The number of nitrogens with two attached hydrogens (primary N) is 1. The number of nitrogens with zero attached hydrogens (tertiary/aromatic N) is 1. The van der Waals surface area contributed by atoms with E-state index in [0.29, 0.717) is 6.04 Å². The van der Waals surface area contributed by atoms with Crippen LogP contribution in [0.5, 0.6) is 0 Å². The molecule has 0 radical (unpaired) electrons. The van der Waals surface area contributed by atoms with Crippen molar-refractivity contribution in [2.45, 2.75) is 33.2 Å². The number of aromatic nitrogens is 1. The van der Waals surface area contributed by atoms with Crippen LogP contribution < -0.4 is 11.1 Å². The average Bonchev–Trinajstić information content (AvgIpc) is 2.09. The maximum atomic E-state index is 5.80. The van der Waals surface area contributed by atoms with E-state index >= 15 is 0 Å². The van der Waals surface area contributed by atoms with Gasteiger partial charge in [0.2, 0.25) is 0 Å². The number of hydrogen-bond donors (Lipinski definition) is 2. The highest BCUT2D eigenvalue weighted by atomic mass is 15.0. The van der Waals surface area contributed by atoms with E-state index in [1.54, 1.807) is 0 Å². The van der Waals surface area contributed by atoms with Gasteiger partial charge in [0.1, 0.15) is 5.82 Å². The van der Waals surface area contributed by atoms with Crippen LogP contribution in [-0.4, -0.2) is 11.0 Å². The van der Waals surface area contributed by atoms with Gasteiger partial charge in [0.25, 0.3) is 0 Å². The lowest BCUT2D eigenvalue weighted by atomic mass is 10.2. The molecule has 1 atom stereocenters. The van der Waals surface area contributed by atoms with Crippen molar-refractivity contribution in [2.75, 3.05) is 11.1 Å². The zero-order chi connectivity index (χ0) is 9.84. The minimum Gasteiger partial charge on any atom is -0.396 e. The normalized spacial score (nSPS) is 12.5. The molecule has 0 aliphatic heterocycles. The number of aryl methyl sites for hydroxylation is 1. The van der Waals surface area contributed by atoms with E-state index in [9.17, 15) is 0 Å². The minimum absolute atomic E-state index is 0.414. The van der Waals surface area contributed by atoms with Crippen LogP contribution >= 0.6 is 0 Å². The molecule has 3 heteroatoms. The molecule has 0 saturated carbocycles. The van der Waals surface area contributed by atoms with Gasteiger partial charge in [0.05, 0.1) is 5.69 Å². The van der Waals surface area contributed by atoms with Crippen LogP contribution in [0.2, 0.25) is 0 Å². The molecule has 0 aliphatic carbocycles. The standard InChI is InChI=1S/C10H17N3/c1-4-8(3)13-10-9(11)5-7(2)6-12-10/h5-6,8H,4,11H2,1-3H3,(H,12,13)/t8-/m0/s1. The Hall–Kier alpha value is -1.25. The van der Waals surface area contributed by atoms with E-state index in [1.165, 1.54) is 0 Å². The molecule has 1 heterocycles. The summed E-state index contributed by atoms with van der Waals surface area (Å²) in [5.74, 6) is 0.792. The molecule has 1 aromatic rings. The van der Waals surface area contributed by atoms with E-state index in [4.69, 9.17) is 5.73 Å². The van der Waals surface area contributed by atoms with Crippen molar-refractivity contribution in [3.05, 3.63) is 17.8 Å². The lowest BCUT2D eigenvalue weighted by Crippen LogP contribution is -2.15. The van der Waals surface area contributed by atoms with Crippen molar-refractivity contribution in [3.8, 4) is 0 Å². The summed E-state index contributed by atoms with van der Waals surface area (Å²) in [5, 5.41) is 3.25. The fraction of sp³-hybridized carbons (Fsp3) is 0.500. The number of anilines is 2. The third kappa shape index (κ3) is 2.61. The van der Waals surface area contributed by atoms with Crippen molar-refractivity contribution >= 4 is 11.5 Å². The van der Waals surface area contributed by atoms with Crippen LogP contribution in [0.3, 0.4) is 0 Å². The number of hydrogen-bond acceptors (Lipinski definition) is 3. The first-order valence-electron chi connectivity index (χ1n) is 4.62. The molecule has 0 spiro atoms. The van der Waals surface area contributed by atoms with Crippen molar-refractivity contribution < 1.29 is 0 Å². The number of pyridine rings is 1. The van der Waals surface area contributed by atoms with Gasteiger partial charge >= 0.3 is 0 Å². The third-order valence-electron chi connectivity index (χ3n) is 2.05. The van der Waals surface area contributed by atoms with Crippen molar-refractivity contribution in [1.82, 2.24) is 4.98 Å². The molecule has 3 nitrogen and oxygen atoms in total. The molecule has 0 aliphatic rings. The summed E-state index contributed by atoms with van der Waals surface area (Å²) in [6.45, 7) is 6.22. The van der Waals surface area contributed by atoms with E-state index in [0.717, 1.165) is 23.5 Å². The third-order valence-corrected chi connectivity index (χ3v) is 2.05. The van der Waals surface area contributed by atoms with Gasteiger partial charge in [-0.3, -0.25) is 0 Å². The topological polar surface area (TPSA) is 50.9 Å². The van der Waals surface area contributed by atoms with Crippen LogP contribution in [0.15, 0.2) is 12.3 Å². The van der Waals surface area contributed by atoms with Crippen molar-refractivity contribution in [3.63, 3.8) is 0 Å². The number of nitrogen functional groups attached to an aromatic ring is 1. The number of rotatable bonds is 3. The fourth-order valence-corrected chi connectivity index (χ4v) is 1.05. The van der Waals surface area contributed by atoms with Gasteiger partial charge in [-0.1, -0.05) is 6.92 Å². The Morgan fingerprint density at radius 2 is 2.31 bits per heavy atom. The van der Waals surface area contributed by atoms with Crippen LogP contribution in [0.25, 0.3) is 0 Å². The quantitative estimate of drug-likeness (QED) is 0.747. The maximum Gasteiger partial charge on any atom is 0.149 e. The molecule has 0 bridgehead atoms. The second-order valence-corrected chi connectivity index (χ2v) is 3.40. The highest BCUT2D eigenvalue weighted by Gasteiger charge is 2.03. The predicted molar refractivity (Wildman–Crippen MR) is 56.8 cm³/mol. The van der Waals surface area contributed by atoms with E-state index in [2.05, 4.69) is 24.1 Å². The van der Waals surface area contributed by atoms with Gasteiger partial charge in [0, 0.05) is 12.2 Å². The maximum absolute atomic E-state index is 5.80. The van der Waals surface area contributed by atoms with Gasteiger partial charge in [-0.2, -0.15) is 0 Å². The Morgan fingerprint density at radius 3 is 2.85 bits per heavy atom. The monoisotopic (exact) mass is 179 g/mol. The smallest absolute Gasteiger partial charge is 0.149 e. The molecule has 0 fully saturated rings. The van der Waals surface area contributed by atoms with Gasteiger partial charge in [0.15, 0.2) is 0 Å². The Morgan fingerprint density at radius 1 is 1.62 bits per heavy atom. The highest BCUT2D eigenvalue weighted by molar-refractivity contribution is 5.61. The summed E-state index contributed by atoms with van der Waals surface area (Å²) in [6.07, 6.45) is 2.88. The zero-order valence-corrected chi connectivity index (χ0v) is 8.46. The van der Waals surface area contributed by atoms with E-state index in [-0.39, 0.29) is 0 Å². The first kappa shape index (κ1) is 9.84. The molecular formula is C10H17N3. The Balaban J connectivity index is 2.77. The average molecular weight is 179 g/mol. The minimum atomic E-state index is 0.414. The van der Waals surface area contributed by atoms with Gasteiger partial charge in [-0.05, 0) is 31.9 Å². The van der Waals surface area contributed by atoms with Crippen molar-refractivity contribution in [1.29, 1.82) is 0 Å². The lowest BCUT2D eigenvalue weighted by Gasteiger charge is -2.13. The van der Waals surface area contributed by atoms with Crippen LogP contribution in [0.4, 0.5) is 11.5 Å². The van der Waals surface area contributed by atoms with E-state index < -0.39 is 0 Å². The molecule has 1 aromatic heterocycles. The van der Waals surface area contributed by atoms with Crippen LogP contribution in [0, 0.1) is 6.92 Å². The predicted octanol–water partition coefficient (Wildman–Crippen LogP) is 2.18. The Labute approximate surface area is 79.4 Å². The molecule has 0 unspecified atom stereocenters. The summed E-state index contributed by atoms with van der Waals surface area (Å²) in [4.78, 5) is 4.23. The zero-order valence-electron chi connectivity index (χ0n) is 8.46. The molecule has 0 saturated heterocycles. The molecule has 0 amide bonds. The summed E-state index contributed by atoms with van der Waals surface area (Å²) in [5.41, 5.74) is 7.61. The molecule has 0 aromatic carbocycles. The highest BCUT2D eigenvalue weighted by Crippen LogP contribution is 2.16. The van der Waals surface area contributed by atoms with Gasteiger partial charge < -0.3 is 11.1 Å². The second kappa shape index (κ2) is 4.12. The van der Waals surface area contributed by atoms with Gasteiger partial charge in [-0.15, -0.1) is 0 Å². The molecule has 13 heavy (non-hydrogen) atoms. The lowest BCUT2D eigenvalue weighted by molar-refractivity contribution is 0.759.